The molecule has 1 amide bonds. The van der Waals surface area contributed by atoms with E-state index in [9.17, 15) is 4.79 Å². The zero-order valence-electron chi connectivity index (χ0n) is 9.55. The van der Waals surface area contributed by atoms with Gasteiger partial charge in [0.2, 0.25) is 0 Å². The van der Waals surface area contributed by atoms with Crippen molar-refractivity contribution in [1.82, 2.24) is 15.3 Å². The summed E-state index contributed by atoms with van der Waals surface area (Å²) in [6, 6.07) is -0.153. The largest absolute Gasteiger partial charge is 0.395 e. The molecular formula is C10H14ClN3O2S. The molecule has 0 saturated carbocycles. The third-order valence-electron chi connectivity index (χ3n) is 2.25. The Labute approximate surface area is 109 Å². The van der Waals surface area contributed by atoms with Crippen LogP contribution in [-0.2, 0) is 0 Å². The minimum atomic E-state index is -0.325. The number of aliphatic hydroxyl groups excluding tert-OH is 1. The fourth-order valence-electron chi connectivity index (χ4n) is 1.24. The van der Waals surface area contributed by atoms with Crippen LogP contribution in [0.5, 0.6) is 0 Å². The van der Waals surface area contributed by atoms with Crippen LogP contribution in [0, 0.1) is 0 Å². The van der Waals surface area contributed by atoms with Crippen LogP contribution in [-0.4, -0.2) is 45.1 Å². The summed E-state index contributed by atoms with van der Waals surface area (Å²) in [4.78, 5) is 19.4. The summed E-state index contributed by atoms with van der Waals surface area (Å²) in [5.41, 5.74) is 0.207. The number of hydrogen-bond donors (Lipinski definition) is 2. The van der Waals surface area contributed by atoms with E-state index in [1.165, 1.54) is 24.2 Å². The van der Waals surface area contributed by atoms with E-state index >= 15 is 0 Å². The summed E-state index contributed by atoms with van der Waals surface area (Å²) in [5.74, 6) is -0.325. The maximum atomic E-state index is 11.8. The van der Waals surface area contributed by atoms with Crippen LogP contribution < -0.4 is 5.32 Å². The second-order valence-corrected chi connectivity index (χ2v) is 4.91. The van der Waals surface area contributed by atoms with Gasteiger partial charge in [0.15, 0.2) is 0 Å². The highest BCUT2D eigenvalue weighted by Crippen LogP contribution is 2.10. The summed E-state index contributed by atoms with van der Waals surface area (Å²) < 4.78 is 0. The molecule has 1 aromatic rings. The molecule has 17 heavy (non-hydrogen) atoms. The Balaban J connectivity index is 2.62. The number of hydrogen-bond acceptors (Lipinski definition) is 5. The number of amides is 1. The number of nitrogens with one attached hydrogen (secondary N) is 1. The molecule has 0 bridgehead atoms. The van der Waals surface area contributed by atoms with Gasteiger partial charge < -0.3 is 10.4 Å². The van der Waals surface area contributed by atoms with E-state index in [0.29, 0.717) is 0 Å². The van der Waals surface area contributed by atoms with Crippen molar-refractivity contribution in [3.8, 4) is 0 Å². The Morgan fingerprint density at radius 2 is 2.29 bits per heavy atom. The molecule has 5 nitrogen and oxygen atoms in total. The lowest BCUT2D eigenvalue weighted by molar-refractivity contribution is 0.0930. The molecule has 94 valence electrons. The average molecular weight is 276 g/mol. The summed E-state index contributed by atoms with van der Waals surface area (Å²) in [6.45, 7) is 1.84. The van der Waals surface area contributed by atoms with Gasteiger partial charge in [-0.25, -0.2) is 9.97 Å². The van der Waals surface area contributed by atoms with Gasteiger partial charge in [-0.15, -0.1) is 0 Å². The van der Waals surface area contributed by atoms with E-state index in [1.54, 1.807) is 0 Å². The molecule has 2 atom stereocenters. The maximum absolute atomic E-state index is 11.8. The van der Waals surface area contributed by atoms with Gasteiger partial charge in [-0.05, 0) is 13.2 Å². The third kappa shape index (κ3) is 4.14. The molecule has 0 aliphatic rings. The van der Waals surface area contributed by atoms with E-state index in [2.05, 4.69) is 15.3 Å². The average Bonchev–Trinajstić information content (AvgIpc) is 2.31. The lowest BCUT2D eigenvalue weighted by Gasteiger charge is -2.20. The van der Waals surface area contributed by atoms with E-state index in [0.717, 1.165) is 0 Å². The van der Waals surface area contributed by atoms with Gasteiger partial charge in [0, 0.05) is 11.3 Å². The topological polar surface area (TPSA) is 75.1 Å². The van der Waals surface area contributed by atoms with Crippen LogP contribution in [0.2, 0.25) is 5.15 Å². The molecule has 0 spiro atoms. The SMILES string of the molecule is CSC(CO)C(C)NC(=O)c1cnc(Cl)cn1. The molecule has 0 saturated heterocycles. The van der Waals surface area contributed by atoms with Crippen molar-refractivity contribution in [3.05, 3.63) is 23.2 Å². The number of carbonyl (C=O) groups is 1. The Morgan fingerprint density at radius 1 is 1.59 bits per heavy atom. The number of nitrogens with zero attached hydrogens (tertiary/aromatic N) is 2. The second kappa shape index (κ2) is 6.78. The fourth-order valence-corrected chi connectivity index (χ4v) is 1.96. The molecule has 0 fully saturated rings. The third-order valence-corrected chi connectivity index (χ3v) is 3.61. The van der Waals surface area contributed by atoms with Gasteiger partial charge in [0.05, 0.1) is 19.0 Å². The van der Waals surface area contributed by atoms with E-state index < -0.39 is 0 Å². The Bertz CT molecular complexity index is 370. The second-order valence-electron chi connectivity index (χ2n) is 3.44. The highest BCUT2D eigenvalue weighted by Gasteiger charge is 2.18. The molecule has 1 rings (SSSR count). The van der Waals surface area contributed by atoms with Crippen LogP contribution in [0.15, 0.2) is 12.4 Å². The van der Waals surface area contributed by atoms with Crippen LogP contribution >= 0.6 is 23.4 Å². The minimum Gasteiger partial charge on any atom is -0.395 e. The van der Waals surface area contributed by atoms with Crippen LogP contribution in [0.1, 0.15) is 17.4 Å². The lowest BCUT2D eigenvalue weighted by atomic mass is 10.2. The zero-order valence-corrected chi connectivity index (χ0v) is 11.1. The molecule has 0 radical (unpaired) electrons. The maximum Gasteiger partial charge on any atom is 0.271 e. The Kier molecular flexibility index (Phi) is 5.67. The zero-order chi connectivity index (χ0) is 12.8. The standard InChI is InChI=1S/C10H14ClN3O2S/c1-6(8(5-15)17-2)14-10(16)7-3-13-9(11)4-12-7/h3-4,6,8,15H,5H2,1-2H3,(H,14,16). The van der Waals surface area contributed by atoms with Crippen molar-refractivity contribution in [3.63, 3.8) is 0 Å². The first-order valence-corrected chi connectivity index (χ1v) is 6.67. The predicted molar refractivity (Wildman–Crippen MR) is 68.4 cm³/mol. The molecule has 2 N–H and O–H groups in total. The minimum absolute atomic E-state index is 0.00884. The van der Waals surface area contributed by atoms with E-state index in [4.69, 9.17) is 16.7 Å². The first-order chi connectivity index (χ1) is 8.08. The quantitative estimate of drug-likeness (QED) is 0.838. The summed E-state index contributed by atoms with van der Waals surface area (Å²) >= 11 is 7.07. The molecule has 0 aromatic carbocycles. The van der Waals surface area contributed by atoms with Crippen molar-refractivity contribution in [2.45, 2.75) is 18.2 Å². The Hall–Kier alpha value is -0.850. The number of rotatable bonds is 5. The highest BCUT2D eigenvalue weighted by molar-refractivity contribution is 7.99. The first kappa shape index (κ1) is 14.2. The number of aliphatic hydroxyl groups is 1. The van der Waals surface area contributed by atoms with Crippen molar-refractivity contribution >= 4 is 29.3 Å². The lowest BCUT2D eigenvalue weighted by Crippen LogP contribution is -2.41. The van der Waals surface area contributed by atoms with Crippen LogP contribution in [0.3, 0.4) is 0 Å². The van der Waals surface area contributed by atoms with Gasteiger partial charge in [0.1, 0.15) is 10.8 Å². The number of thioether (sulfide) groups is 1. The molecule has 0 aliphatic carbocycles. The normalized spacial score (nSPS) is 14.1. The number of halogens is 1. The van der Waals surface area contributed by atoms with E-state index in [-0.39, 0.29) is 34.7 Å². The number of aromatic nitrogens is 2. The van der Waals surface area contributed by atoms with Crippen molar-refractivity contribution in [2.75, 3.05) is 12.9 Å². The van der Waals surface area contributed by atoms with Gasteiger partial charge in [0.25, 0.3) is 5.91 Å². The van der Waals surface area contributed by atoms with Gasteiger partial charge in [-0.2, -0.15) is 11.8 Å². The monoisotopic (exact) mass is 275 g/mol. The van der Waals surface area contributed by atoms with Crippen molar-refractivity contribution in [2.24, 2.45) is 0 Å². The summed E-state index contributed by atoms with van der Waals surface area (Å²) in [6.07, 6.45) is 4.52. The van der Waals surface area contributed by atoms with Crippen molar-refractivity contribution in [1.29, 1.82) is 0 Å². The smallest absolute Gasteiger partial charge is 0.271 e. The Morgan fingerprint density at radius 3 is 2.76 bits per heavy atom. The highest BCUT2D eigenvalue weighted by atomic mass is 35.5. The van der Waals surface area contributed by atoms with Crippen molar-refractivity contribution < 1.29 is 9.90 Å². The van der Waals surface area contributed by atoms with Gasteiger partial charge >= 0.3 is 0 Å². The predicted octanol–water partition coefficient (Wildman–Crippen LogP) is 0.972. The number of carbonyl (C=O) groups excluding carboxylic acids is 1. The fraction of sp³-hybridized carbons (Fsp3) is 0.500. The first-order valence-electron chi connectivity index (χ1n) is 5.00. The molecular weight excluding hydrogens is 262 g/mol. The molecule has 1 aromatic heterocycles. The molecule has 1 heterocycles. The van der Waals surface area contributed by atoms with E-state index in [1.807, 2.05) is 13.2 Å². The van der Waals surface area contributed by atoms with Crippen LogP contribution in [0.25, 0.3) is 0 Å². The van der Waals surface area contributed by atoms with Gasteiger partial charge in [-0.1, -0.05) is 11.6 Å². The molecule has 0 aliphatic heterocycles. The van der Waals surface area contributed by atoms with Gasteiger partial charge in [-0.3, -0.25) is 4.79 Å². The van der Waals surface area contributed by atoms with Crippen LogP contribution in [0.4, 0.5) is 0 Å². The summed E-state index contributed by atoms with van der Waals surface area (Å²) in [7, 11) is 0. The molecule has 2 unspecified atom stereocenters. The summed E-state index contributed by atoms with van der Waals surface area (Å²) in [5, 5.41) is 12.1. The molecule has 7 heteroatoms.